The van der Waals surface area contributed by atoms with E-state index in [4.69, 9.17) is 17.0 Å². The van der Waals surface area contributed by atoms with Crippen molar-refractivity contribution in [1.82, 2.24) is 15.1 Å². The molecule has 2 aromatic carbocycles. The van der Waals surface area contributed by atoms with Gasteiger partial charge >= 0.3 is 0 Å². The fourth-order valence-corrected chi connectivity index (χ4v) is 4.58. The van der Waals surface area contributed by atoms with E-state index in [1.54, 1.807) is 35.8 Å². The number of ether oxygens (including phenoxy) is 1. The molecule has 0 aliphatic carbocycles. The SMILES string of the molecule is COc1cc(/C=C2/NC(=S)N(c3cn(C)nc3C)C2=O)ccc1CSc1ccccc1. The molecule has 0 radical (unpaired) electrons. The molecule has 1 amide bonds. The number of thiocarbonyl (C=S) groups is 1. The highest BCUT2D eigenvalue weighted by atomic mass is 32.2. The molecule has 1 aliphatic rings. The van der Waals surface area contributed by atoms with Gasteiger partial charge in [0.15, 0.2) is 5.11 Å². The molecule has 0 bridgehead atoms. The fourth-order valence-electron chi connectivity index (χ4n) is 3.38. The summed E-state index contributed by atoms with van der Waals surface area (Å²) in [6.07, 6.45) is 3.57. The molecule has 1 aromatic heterocycles. The summed E-state index contributed by atoms with van der Waals surface area (Å²) in [5, 5.41) is 7.67. The van der Waals surface area contributed by atoms with Crippen LogP contribution in [0.4, 0.5) is 5.69 Å². The van der Waals surface area contributed by atoms with E-state index in [2.05, 4.69) is 22.5 Å². The highest BCUT2D eigenvalue weighted by Crippen LogP contribution is 2.30. The number of amides is 1. The Kier molecular flexibility index (Phi) is 6.11. The molecular weight excluding hydrogens is 428 g/mol. The molecular formula is C23H22N4O2S2. The molecule has 158 valence electrons. The summed E-state index contributed by atoms with van der Waals surface area (Å²) in [6, 6.07) is 16.2. The minimum atomic E-state index is -0.205. The third kappa shape index (κ3) is 4.50. The van der Waals surface area contributed by atoms with E-state index in [0.29, 0.717) is 16.5 Å². The van der Waals surface area contributed by atoms with Gasteiger partial charge in [0.25, 0.3) is 5.91 Å². The highest BCUT2D eigenvalue weighted by Gasteiger charge is 2.33. The number of nitrogens with one attached hydrogen (secondary N) is 1. The summed E-state index contributed by atoms with van der Waals surface area (Å²) in [5.74, 6) is 1.37. The number of nitrogens with zero attached hydrogens (tertiary/aromatic N) is 3. The zero-order valence-corrected chi connectivity index (χ0v) is 19.1. The van der Waals surface area contributed by atoms with Gasteiger partial charge in [0.05, 0.1) is 18.5 Å². The van der Waals surface area contributed by atoms with Crippen LogP contribution in [0.25, 0.3) is 6.08 Å². The lowest BCUT2D eigenvalue weighted by molar-refractivity contribution is -0.113. The van der Waals surface area contributed by atoms with Crippen molar-refractivity contribution < 1.29 is 9.53 Å². The van der Waals surface area contributed by atoms with Crippen LogP contribution in [0, 0.1) is 6.92 Å². The van der Waals surface area contributed by atoms with Gasteiger partial charge in [-0.25, -0.2) is 4.90 Å². The quantitative estimate of drug-likeness (QED) is 0.343. The van der Waals surface area contributed by atoms with Crippen molar-refractivity contribution in [2.75, 3.05) is 12.0 Å². The summed E-state index contributed by atoms with van der Waals surface area (Å²) >= 11 is 7.15. The van der Waals surface area contributed by atoms with E-state index in [0.717, 1.165) is 28.3 Å². The molecule has 0 spiro atoms. The molecule has 1 saturated heterocycles. The molecule has 4 rings (SSSR count). The number of aromatic nitrogens is 2. The van der Waals surface area contributed by atoms with Gasteiger partial charge in [0, 0.05) is 29.5 Å². The van der Waals surface area contributed by atoms with Crippen LogP contribution in [0.5, 0.6) is 5.75 Å². The standard InChI is InChI=1S/C23H22N4O2S2/c1-15-20(13-26(2)25-15)27-22(28)19(24-23(27)30)11-16-9-10-17(21(12-16)29-3)14-31-18-7-5-4-6-8-18/h4-13H,14H2,1-3H3,(H,24,30)/b19-11+. The molecule has 2 heterocycles. The second-order valence-electron chi connectivity index (χ2n) is 7.08. The van der Waals surface area contributed by atoms with Crippen molar-refractivity contribution in [3.8, 4) is 5.75 Å². The number of hydrogen-bond donors (Lipinski definition) is 1. The molecule has 3 aromatic rings. The fraction of sp³-hybridized carbons (Fsp3) is 0.174. The van der Waals surface area contributed by atoms with E-state index in [1.807, 2.05) is 50.4 Å². The zero-order valence-electron chi connectivity index (χ0n) is 17.5. The third-order valence-corrected chi connectivity index (χ3v) is 6.21. The number of carbonyl (C=O) groups is 1. The maximum Gasteiger partial charge on any atom is 0.281 e. The van der Waals surface area contributed by atoms with Gasteiger partial charge in [-0.3, -0.25) is 9.48 Å². The summed E-state index contributed by atoms with van der Waals surface area (Å²) < 4.78 is 7.27. The monoisotopic (exact) mass is 450 g/mol. The summed E-state index contributed by atoms with van der Waals surface area (Å²) in [6.45, 7) is 1.85. The Labute approximate surface area is 190 Å². The lowest BCUT2D eigenvalue weighted by Gasteiger charge is -2.12. The second kappa shape index (κ2) is 8.95. The molecule has 1 aliphatic heterocycles. The number of thioether (sulfide) groups is 1. The van der Waals surface area contributed by atoms with E-state index in [-0.39, 0.29) is 5.91 Å². The first-order chi connectivity index (χ1) is 15.0. The second-order valence-corrected chi connectivity index (χ2v) is 8.51. The van der Waals surface area contributed by atoms with Crippen LogP contribution in [0.1, 0.15) is 16.8 Å². The average Bonchev–Trinajstić information content (AvgIpc) is 3.23. The first kappa shape index (κ1) is 21.1. The normalized spacial score (nSPS) is 14.9. The summed E-state index contributed by atoms with van der Waals surface area (Å²) in [5.41, 5.74) is 3.78. The lowest BCUT2D eigenvalue weighted by Crippen LogP contribution is -2.30. The van der Waals surface area contributed by atoms with Crippen molar-refractivity contribution in [3.05, 3.63) is 77.2 Å². The van der Waals surface area contributed by atoms with Crippen LogP contribution >= 0.6 is 24.0 Å². The largest absolute Gasteiger partial charge is 0.496 e. The van der Waals surface area contributed by atoms with Gasteiger partial charge in [0.2, 0.25) is 0 Å². The average molecular weight is 451 g/mol. The van der Waals surface area contributed by atoms with Crippen LogP contribution in [-0.4, -0.2) is 27.9 Å². The Hall–Kier alpha value is -3.10. The number of anilines is 1. The number of carbonyl (C=O) groups excluding carboxylic acids is 1. The number of benzene rings is 2. The van der Waals surface area contributed by atoms with E-state index >= 15 is 0 Å². The first-order valence-electron chi connectivity index (χ1n) is 9.68. The Bertz CT molecular complexity index is 1170. The van der Waals surface area contributed by atoms with E-state index in [1.165, 1.54) is 9.80 Å². The molecule has 6 nitrogen and oxygen atoms in total. The number of methoxy groups -OCH3 is 1. The Balaban J connectivity index is 1.55. The topological polar surface area (TPSA) is 59.4 Å². The highest BCUT2D eigenvalue weighted by molar-refractivity contribution is 7.98. The van der Waals surface area contributed by atoms with Gasteiger partial charge in [-0.1, -0.05) is 30.3 Å². The molecule has 0 atom stereocenters. The number of aryl methyl sites for hydroxylation is 2. The zero-order chi connectivity index (χ0) is 22.0. The number of rotatable bonds is 6. The predicted molar refractivity (Wildman–Crippen MR) is 128 cm³/mol. The van der Waals surface area contributed by atoms with E-state index in [9.17, 15) is 4.79 Å². The Morgan fingerprint density at radius 1 is 1.23 bits per heavy atom. The van der Waals surface area contributed by atoms with Crippen molar-refractivity contribution >= 4 is 46.8 Å². The maximum atomic E-state index is 13.0. The van der Waals surface area contributed by atoms with Gasteiger partial charge in [-0.05, 0) is 49.0 Å². The van der Waals surface area contributed by atoms with Crippen LogP contribution in [0.15, 0.2) is 65.3 Å². The van der Waals surface area contributed by atoms with Crippen molar-refractivity contribution in [2.24, 2.45) is 7.05 Å². The van der Waals surface area contributed by atoms with Crippen LogP contribution in [-0.2, 0) is 17.6 Å². The first-order valence-corrected chi connectivity index (χ1v) is 11.1. The van der Waals surface area contributed by atoms with Gasteiger partial charge < -0.3 is 10.1 Å². The predicted octanol–water partition coefficient (Wildman–Crippen LogP) is 4.29. The molecule has 0 unspecified atom stereocenters. The number of hydrogen-bond acceptors (Lipinski definition) is 5. The van der Waals surface area contributed by atoms with E-state index < -0.39 is 0 Å². The van der Waals surface area contributed by atoms with Gasteiger partial charge in [-0.15, -0.1) is 11.8 Å². The third-order valence-electron chi connectivity index (χ3n) is 4.87. The lowest BCUT2D eigenvalue weighted by atomic mass is 10.1. The molecule has 1 fully saturated rings. The minimum Gasteiger partial charge on any atom is -0.496 e. The molecule has 8 heteroatoms. The van der Waals surface area contributed by atoms with Crippen molar-refractivity contribution in [2.45, 2.75) is 17.6 Å². The van der Waals surface area contributed by atoms with Crippen molar-refractivity contribution in [1.29, 1.82) is 0 Å². The minimum absolute atomic E-state index is 0.205. The van der Waals surface area contributed by atoms with Crippen LogP contribution < -0.4 is 15.0 Å². The Morgan fingerprint density at radius 2 is 2.00 bits per heavy atom. The Morgan fingerprint density at radius 3 is 2.68 bits per heavy atom. The molecule has 0 saturated carbocycles. The van der Waals surface area contributed by atoms with Gasteiger partial charge in [0.1, 0.15) is 11.4 Å². The van der Waals surface area contributed by atoms with Crippen molar-refractivity contribution in [3.63, 3.8) is 0 Å². The smallest absolute Gasteiger partial charge is 0.281 e. The van der Waals surface area contributed by atoms with Crippen LogP contribution in [0.2, 0.25) is 0 Å². The maximum absolute atomic E-state index is 13.0. The summed E-state index contributed by atoms with van der Waals surface area (Å²) in [4.78, 5) is 15.7. The molecule has 31 heavy (non-hydrogen) atoms. The van der Waals surface area contributed by atoms with Crippen LogP contribution in [0.3, 0.4) is 0 Å². The molecule has 1 N–H and O–H groups in total. The van der Waals surface area contributed by atoms with Gasteiger partial charge in [-0.2, -0.15) is 5.10 Å². The summed E-state index contributed by atoms with van der Waals surface area (Å²) in [7, 11) is 3.47.